The van der Waals surface area contributed by atoms with Gasteiger partial charge < -0.3 is 15.4 Å². The Bertz CT molecular complexity index is 675. The number of benzene rings is 2. The SMILES string of the molecule is COc1ccc(C)cc1[C@@H](C)NC(=S)Nc1cccc(Br)c1. The molecule has 2 rings (SSSR count). The third kappa shape index (κ3) is 4.45. The van der Waals surface area contributed by atoms with Gasteiger partial charge in [0.25, 0.3) is 0 Å². The molecule has 2 aromatic rings. The van der Waals surface area contributed by atoms with E-state index in [-0.39, 0.29) is 6.04 Å². The summed E-state index contributed by atoms with van der Waals surface area (Å²) in [5.41, 5.74) is 3.21. The van der Waals surface area contributed by atoms with Gasteiger partial charge in [-0.1, -0.05) is 39.7 Å². The summed E-state index contributed by atoms with van der Waals surface area (Å²) in [6.45, 7) is 4.12. The van der Waals surface area contributed by atoms with E-state index in [4.69, 9.17) is 17.0 Å². The summed E-state index contributed by atoms with van der Waals surface area (Å²) in [5, 5.41) is 7.05. The van der Waals surface area contributed by atoms with E-state index in [2.05, 4.69) is 46.5 Å². The average molecular weight is 379 g/mol. The van der Waals surface area contributed by atoms with Crippen molar-refractivity contribution >= 4 is 38.9 Å². The first-order valence-electron chi connectivity index (χ1n) is 6.97. The van der Waals surface area contributed by atoms with Crippen molar-refractivity contribution in [3.05, 3.63) is 58.1 Å². The Morgan fingerprint density at radius 2 is 2.00 bits per heavy atom. The van der Waals surface area contributed by atoms with Crippen molar-refractivity contribution in [2.24, 2.45) is 0 Å². The summed E-state index contributed by atoms with van der Waals surface area (Å²) < 4.78 is 6.44. The van der Waals surface area contributed by atoms with Crippen LogP contribution in [0.25, 0.3) is 0 Å². The summed E-state index contributed by atoms with van der Waals surface area (Å²) in [6, 6.07) is 14.0. The molecule has 2 aromatic carbocycles. The zero-order valence-corrected chi connectivity index (χ0v) is 15.2. The van der Waals surface area contributed by atoms with Crippen LogP contribution < -0.4 is 15.4 Å². The van der Waals surface area contributed by atoms with Crippen LogP contribution in [-0.2, 0) is 0 Å². The van der Waals surface area contributed by atoms with Crippen LogP contribution in [0.15, 0.2) is 46.9 Å². The normalized spacial score (nSPS) is 11.6. The molecule has 22 heavy (non-hydrogen) atoms. The highest BCUT2D eigenvalue weighted by atomic mass is 79.9. The van der Waals surface area contributed by atoms with Gasteiger partial charge in [-0.05, 0) is 50.3 Å². The first-order valence-corrected chi connectivity index (χ1v) is 8.17. The summed E-state index contributed by atoms with van der Waals surface area (Å²) in [5.74, 6) is 0.857. The molecule has 0 fully saturated rings. The highest BCUT2D eigenvalue weighted by Crippen LogP contribution is 2.26. The standard InChI is InChI=1S/C17H19BrN2OS/c1-11-7-8-16(21-3)15(9-11)12(2)19-17(22)20-14-6-4-5-13(18)10-14/h4-10,12H,1-3H3,(H2,19,20,22)/t12-/m1/s1. The lowest BCUT2D eigenvalue weighted by Crippen LogP contribution is -2.31. The van der Waals surface area contributed by atoms with Crippen LogP contribution in [0.3, 0.4) is 0 Å². The summed E-state index contributed by atoms with van der Waals surface area (Å²) >= 11 is 8.84. The number of thiocarbonyl (C=S) groups is 1. The van der Waals surface area contributed by atoms with Crippen LogP contribution in [0.4, 0.5) is 5.69 Å². The molecule has 0 radical (unpaired) electrons. The van der Waals surface area contributed by atoms with E-state index < -0.39 is 0 Å². The van der Waals surface area contributed by atoms with Gasteiger partial charge in [0.1, 0.15) is 5.75 Å². The van der Waals surface area contributed by atoms with Gasteiger partial charge in [0.15, 0.2) is 5.11 Å². The predicted molar refractivity (Wildman–Crippen MR) is 99.6 cm³/mol. The van der Waals surface area contributed by atoms with Gasteiger partial charge in [0.05, 0.1) is 13.2 Å². The van der Waals surface area contributed by atoms with E-state index in [1.165, 1.54) is 5.56 Å². The number of nitrogens with one attached hydrogen (secondary N) is 2. The molecule has 0 amide bonds. The van der Waals surface area contributed by atoms with E-state index in [1.54, 1.807) is 7.11 Å². The zero-order chi connectivity index (χ0) is 16.1. The number of ether oxygens (including phenoxy) is 1. The van der Waals surface area contributed by atoms with Gasteiger partial charge in [-0.2, -0.15) is 0 Å². The van der Waals surface area contributed by atoms with Gasteiger partial charge in [0.2, 0.25) is 0 Å². The van der Waals surface area contributed by atoms with Crippen molar-refractivity contribution in [3.8, 4) is 5.75 Å². The highest BCUT2D eigenvalue weighted by Gasteiger charge is 2.12. The molecule has 0 unspecified atom stereocenters. The number of hydrogen-bond donors (Lipinski definition) is 2. The van der Waals surface area contributed by atoms with Gasteiger partial charge in [-0.25, -0.2) is 0 Å². The van der Waals surface area contributed by atoms with E-state index in [9.17, 15) is 0 Å². The molecular weight excluding hydrogens is 360 g/mol. The molecular formula is C17H19BrN2OS. The van der Waals surface area contributed by atoms with Crippen molar-refractivity contribution in [2.45, 2.75) is 19.9 Å². The molecule has 1 atom stereocenters. The minimum atomic E-state index is 0.0435. The number of aryl methyl sites for hydroxylation is 1. The molecule has 3 nitrogen and oxygen atoms in total. The largest absolute Gasteiger partial charge is 0.496 e. The van der Waals surface area contributed by atoms with Crippen LogP contribution in [0.1, 0.15) is 24.1 Å². The predicted octanol–water partition coefficient (Wildman–Crippen LogP) is 4.81. The van der Waals surface area contributed by atoms with Crippen molar-refractivity contribution in [2.75, 3.05) is 12.4 Å². The average Bonchev–Trinajstić information content (AvgIpc) is 2.47. The quantitative estimate of drug-likeness (QED) is 0.747. The Labute approximate surface area is 145 Å². The Kier molecular flexibility index (Phi) is 5.80. The number of halogens is 1. The summed E-state index contributed by atoms with van der Waals surface area (Å²) in [4.78, 5) is 0. The fourth-order valence-electron chi connectivity index (χ4n) is 2.20. The lowest BCUT2D eigenvalue weighted by atomic mass is 10.0. The second kappa shape index (κ2) is 7.61. The minimum absolute atomic E-state index is 0.0435. The van der Waals surface area contributed by atoms with Gasteiger partial charge in [-0.3, -0.25) is 0 Å². The Balaban J connectivity index is 2.06. The van der Waals surface area contributed by atoms with Crippen LogP contribution in [0.5, 0.6) is 5.75 Å². The first kappa shape index (κ1) is 16.8. The monoisotopic (exact) mass is 378 g/mol. The highest BCUT2D eigenvalue weighted by molar-refractivity contribution is 9.10. The molecule has 0 aromatic heterocycles. The van der Waals surface area contributed by atoms with Crippen LogP contribution in [0, 0.1) is 6.92 Å². The smallest absolute Gasteiger partial charge is 0.171 e. The fourth-order valence-corrected chi connectivity index (χ4v) is 2.89. The van der Waals surface area contributed by atoms with Gasteiger partial charge in [-0.15, -0.1) is 0 Å². The second-order valence-electron chi connectivity index (χ2n) is 5.08. The third-order valence-electron chi connectivity index (χ3n) is 3.28. The summed E-state index contributed by atoms with van der Waals surface area (Å²) in [6.07, 6.45) is 0. The van der Waals surface area contributed by atoms with Crippen molar-refractivity contribution in [1.82, 2.24) is 5.32 Å². The molecule has 0 spiro atoms. The Hall–Kier alpha value is -1.59. The maximum absolute atomic E-state index is 5.43. The van der Waals surface area contributed by atoms with E-state index >= 15 is 0 Å². The minimum Gasteiger partial charge on any atom is -0.496 e. The molecule has 116 valence electrons. The van der Waals surface area contributed by atoms with Crippen molar-refractivity contribution in [3.63, 3.8) is 0 Å². The molecule has 0 heterocycles. The fraction of sp³-hybridized carbons (Fsp3) is 0.235. The molecule has 0 aliphatic heterocycles. The van der Waals surface area contributed by atoms with Gasteiger partial charge >= 0.3 is 0 Å². The molecule has 0 bridgehead atoms. The Morgan fingerprint density at radius 3 is 2.68 bits per heavy atom. The molecule has 5 heteroatoms. The lowest BCUT2D eigenvalue weighted by molar-refractivity contribution is 0.405. The van der Waals surface area contributed by atoms with Crippen molar-refractivity contribution < 1.29 is 4.74 Å². The van der Waals surface area contributed by atoms with E-state index in [0.29, 0.717) is 5.11 Å². The van der Waals surface area contributed by atoms with Crippen LogP contribution in [-0.4, -0.2) is 12.2 Å². The molecule has 2 N–H and O–H groups in total. The van der Waals surface area contributed by atoms with Crippen LogP contribution >= 0.6 is 28.1 Å². The van der Waals surface area contributed by atoms with Crippen molar-refractivity contribution in [1.29, 1.82) is 0 Å². The second-order valence-corrected chi connectivity index (χ2v) is 6.40. The zero-order valence-electron chi connectivity index (χ0n) is 12.8. The molecule has 0 aliphatic carbocycles. The number of hydrogen-bond acceptors (Lipinski definition) is 2. The maximum Gasteiger partial charge on any atom is 0.171 e. The lowest BCUT2D eigenvalue weighted by Gasteiger charge is -2.20. The third-order valence-corrected chi connectivity index (χ3v) is 3.99. The summed E-state index contributed by atoms with van der Waals surface area (Å²) in [7, 11) is 1.68. The van der Waals surface area contributed by atoms with E-state index in [1.807, 2.05) is 36.4 Å². The van der Waals surface area contributed by atoms with Crippen LogP contribution in [0.2, 0.25) is 0 Å². The van der Waals surface area contributed by atoms with Gasteiger partial charge in [0, 0.05) is 15.7 Å². The number of methoxy groups -OCH3 is 1. The number of anilines is 1. The number of rotatable bonds is 4. The molecule has 0 saturated heterocycles. The first-order chi connectivity index (χ1) is 10.5. The molecule has 0 saturated carbocycles. The van der Waals surface area contributed by atoms with E-state index in [0.717, 1.165) is 21.5 Å². The Morgan fingerprint density at radius 1 is 1.23 bits per heavy atom. The molecule has 0 aliphatic rings. The maximum atomic E-state index is 5.43. The topological polar surface area (TPSA) is 33.3 Å².